The van der Waals surface area contributed by atoms with Crippen LogP contribution in [0, 0.1) is 11.8 Å². The number of carboxylic acids is 1. The maximum Gasteiger partial charge on any atom is 0.305 e. The molecule has 1 aliphatic heterocycles. The van der Waals surface area contributed by atoms with Crippen LogP contribution in [0.15, 0.2) is 24.3 Å². The Kier molecular flexibility index (Phi) is 5.59. The minimum absolute atomic E-state index is 0.0283. The topological polar surface area (TPSA) is 86.7 Å². The van der Waals surface area contributed by atoms with E-state index in [1.165, 1.54) is 5.56 Å². The fourth-order valence-corrected chi connectivity index (χ4v) is 4.24. The first-order valence-electron chi connectivity index (χ1n) is 9.39. The first-order chi connectivity index (χ1) is 12.5. The summed E-state index contributed by atoms with van der Waals surface area (Å²) < 4.78 is 0. The molecule has 1 aliphatic carbocycles. The van der Waals surface area contributed by atoms with Crippen molar-refractivity contribution in [2.45, 2.75) is 51.5 Å². The Morgan fingerprint density at radius 3 is 2.58 bits per heavy atom. The maximum absolute atomic E-state index is 13.3. The van der Waals surface area contributed by atoms with Gasteiger partial charge in [0.05, 0.1) is 12.3 Å². The largest absolute Gasteiger partial charge is 0.481 e. The summed E-state index contributed by atoms with van der Waals surface area (Å²) in [5.41, 5.74) is 2.13. The molecule has 0 bridgehead atoms. The van der Waals surface area contributed by atoms with E-state index in [0.29, 0.717) is 12.8 Å². The molecule has 2 N–H and O–H groups in total. The lowest BCUT2D eigenvalue weighted by atomic mass is 9.77. The number of benzene rings is 1. The number of hydrogen-bond acceptors (Lipinski definition) is 3. The van der Waals surface area contributed by atoms with Crippen LogP contribution >= 0.6 is 0 Å². The summed E-state index contributed by atoms with van der Waals surface area (Å²) in [6.45, 7) is 2.15. The minimum atomic E-state index is -0.941. The number of fused-ring (bicyclic) bond motifs is 1. The lowest BCUT2D eigenvalue weighted by molar-refractivity contribution is -0.138. The van der Waals surface area contributed by atoms with Crippen LogP contribution in [0.2, 0.25) is 0 Å². The number of nitrogens with one attached hydrogen (secondary N) is 1. The van der Waals surface area contributed by atoms with Crippen LogP contribution in [0.1, 0.15) is 44.6 Å². The van der Waals surface area contributed by atoms with Crippen LogP contribution in [-0.4, -0.2) is 35.5 Å². The molecule has 1 aromatic rings. The van der Waals surface area contributed by atoms with Gasteiger partial charge in [-0.3, -0.25) is 14.4 Å². The number of rotatable bonds is 5. The highest BCUT2D eigenvalue weighted by atomic mass is 16.4. The zero-order valence-corrected chi connectivity index (χ0v) is 15.1. The number of para-hydroxylation sites is 1. The maximum atomic E-state index is 13.3. The molecule has 1 aromatic carbocycles. The first kappa shape index (κ1) is 18.4. The van der Waals surface area contributed by atoms with E-state index in [1.807, 2.05) is 30.0 Å². The third kappa shape index (κ3) is 3.74. The molecule has 1 heterocycles. The van der Waals surface area contributed by atoms with E-state index >= 15 is 0 Å². The predicted octanol–water partition coefficient (Wildman–Crippen LogP) is 2.36. The molecule has 2 aliphatic rings. The van der Waals surface area contributed by atoms with Crippen molar-refractivity contribution in [2.75, 3.05) is 11.4 Å². The molecule has 3 rings (SSSR count). The molecule has 0 aromatic heterocycles. The number of carbonyl (C=O) groups excluding carboxylic acids is 2. The Morgan fingerprint density at radius 1 is 1.15 bits per heavy atom. The van der Waals surface area contributed by atoms with E-state index in [9.17, 15) is 14.4 Å². The Hall–Kier alpha value is -2.37. The van der Waals surface area contributed by atoms with Crippen LogP contribution in [-0.2, 0) is 20.8 Å². The SMILES string of the molecule is CC1Cc2ccccc2N1C(=O)C1CCCCC1C(=O)NCCC(=O)O. The number of nitrogens with zero attached hydrogens (tertiary/aromatic N) is 1. The second kappa shape index (κ2) is 7.89. The molecule has 1 fully saturated rings. The van der Waals surface area contributed by atoms with Gasteiger partial charge in [0.25, 0.3) is 0 Å². The van der Waals surface area contributed by atoms with Crippen LogP contribution in [0.5, 0.6) is 0 Å². The highest BCUT2D eigenvalue weighted by Gasteiger charge is 2.41. The minimum Gasteiger partial charge on any atom is -0.481 e. The molecular weight excluding hydrogens is 332 g/mol. The van der Waals surface area contributed by atoms with Crippen molar-refractivity contribution >= 4 is 23.5 Å². The third-order valence-corrected chi connectivity index (χ3v) is 5.50. The summed E-state index contributed by atoms with van der Waals surface area (Å²) in [4.78, 5) is 38.4. The monoisotopic (exact) mass is 358 g/mol. The number of carboxylic acid groups (broad SMARTS) is 1. The molecule has 26 heavy (non-hydrogen) atoms. The summed E-state index contributed by atoms with van der Waals surface area (Å²) >= 11 is 0. The lowest BCUT2D eigenvalue weighted by Crippen LogP contribution is -2.47. The summed E-state index contributed by atoms with van der Waals surface area (Å²) in [5.74, 6) is -1.80. The van der Waals surface area contributed by atoms with Gasteiger partial charge in [-0.15, -0.1) is 0 Å². The van der Waals surface area contributed by atoms with Crippen LogP contribution < -0.4 is 10.2 Å². The summed E-state index contributed by atoms with van der Waals surface area (Å²) in [5, 5.41) is 11.4. The molecule has 140 valence electrons. The highest BCUT2D eigenvalue weighted by molar-refractivity contribution is 6.00. The second-order valence-electron chi connectivity index (χ2n) is 7.32. The van der Waals surface area contributed by atoms with E-state index in [0.717, 1.165) is 24.9 Å². The Balaban J connectivity index is 1.74. The summed E-state index contributed by atoms with van der Waals surface area (Å²) in [6.07, 6.45) is 3.99. The Labute approximate surface area is 153 Å². The van der Waals surface area contributed by atoms with E-state index in [2.05, 4.69) is 11.4 Å². The molecule has 3 atom stereocenters. The van der Waals surface area contributed by atoms with Gasteiger partial charge in [0.1, 0.15) is 0 Å². The van der Waals surface area contributed by atoms with Gasteiger partial charge < -0.3 is 15.3 Å². The van der Waals surface area contributed by atoms with Gasteiger partial charge in [0.15, 0.2) is 0 Å². The van der Waals surface area contributed by atoms with E-state index in [-0.39, 0.29) is 42.7 Å². The van der Waals surface area contributed by atoms with E-state index in [4.69, 9.17) is 5.11 Å². The highest BCUT2D eigenvalue weighted by Crippen LogP contribution is 2.38. The van der Waals surface area contributed by atoms with Gasteiger partial charge in [-0.25, -0.2) is 0 Å². The predicted molar refractivity (Wildman–Crippen MR) is 97.8 cm³/mol. The number of carbonyl (C=O) groups is 3. The smallest absolute Gasteiger partial charge is 0.305 e. The molecule has 6 heteroatoms. The van der Waals surface area contributed by atoms with Crippen molar-refractivity contribution in [3.05, 3.63) is 29.8 Å². The molecule has 0 spiro atoms. The number of amides is 2. The fraction of sp³-hybridized carbons (Fsp3) is 0.550. The van der Waals surface area contributed by atoms with Crippen LogP contribution in [0.25, 0.3) is 0 Å². The summed E-state index contributed by atoms with van der Waals surface area (Å²) in [7, 11) is 0. The molecule has 3 unspecified atom stereocenters. The first-order valence-corrected chi connectivity index (χ1v) is 9.39. The number of anilines is 1. The molecule has 1 saturated carbocycles. The number of hydrogen-bond donors (Lipinski definition) is 2. The third-order valence-electron chi connectivity index (χ3n) is 5.50. The average molecular weight is 358 g/mol. The van der Waals surface area contributed by atoms with Gasteiger partial charge in [0, 0.05) is 24.2 Å². The van der Waals surface area contributed by atoms with Gasteiger partial charge in [-0.2, -0.15) is 0 Å². The lowest BCUT2D eigenvalue weighted by Gasteiger charge is -2.34. The molecule has 0 saturated heterocycles. The number of aliphatic carboxylic acids is 1. The van der Waals surface area contributed by atoms with Crippen molar-refractivity contribution < 1.29 is 19.5 Å². The van der Waals surface area contributed by atoms with Crippen molar-refractivity contribution in [3.8, 4) is 0 Å². The van der Waals surface area contributed by atoms with Crippen LogP contribution in [0.4, 0.5) is 5.69 Å². The van der Waals surface area contributed by atoms with Crippen molar-refractivity contribution in [1.82, 2.24) is 5.32 Å². The van der Waals surface area contributed by atoms with Gasteiger partial charge >= 0.3 is 5.97 Å². The molecule has 0 radical (unpaired) electrons. The van der Waals surface area contributed by atoms with Crippen molar-refractivity contribution in [2.24, 2.45) is 11.8 Å². The quantitative estimate of drug-likeness (QED) is 0.846. The van der Waals surface area contributed by atoms with E-state index < -0.39 is 5.97 Å². The zero-order valence-electron chi connectivity index (χ0n) is 15.1. The normalized spacial score (nSPS) is 24.8. The molecule has 6 nitrogen and oxygen atoms in total. The van der Waals surface area contributed by atoms with Gasteiger partial charge in [-0.1, -0.05) is 31.0 Å². The molecule has 2 amide bonds. The van der Waals surface area contributed by atoms with E-state index in [1.54, 1.807) is 0 Å². The Morgan fingerprint density at radius 2 is 1.85 bits per heavy atom. The zero-order chi connectivity index (χ0) is 18.7. The average Bonchev–Trinajstić information content (AvgIpc) is 2.96. The van der Waals surface area contributed by atoms with Crippen molar-refractivity contribution in [1.29, 1.82) is 0 Å². The van der Waals surface area contributed by atoms with Gasteiger partial charge in [0.2, 0.25) is 11.8 Å². The summed E-state index contributed by atoms with van der Waals surface area (Å²) in [6, 6.07) is 8.04. The molecular formula is C20H26N2O4. The standard InChI is InChI=1S/C20H26N2O4/c1-13-12-14-6-2-5-9-17(14)22(13)20(26)16-8-4-3-7-15(16)19(25)21-11-10-18(23)24/h2,5-6,9,13,15-16H,3-4,7-8,10-12H2,1H3,(H,21,25)(H,23,24). The van der Waals surface area contributed by atoms with Crippen molar-refractivity contribution in [3.63, 3.8) is 0 Å². The fourth-order valence-electron chi connectivity index (χ4n) is 4.24. The second-order valence-corrected chi connectivity index (χ2v) is 7.32. The van der Waals surface area contributed by atoms with Gasteiger partial charge in [-0.05, 0) is 37.8 Å². The van der Waals surface area contributed by atoms with Crippen LogP contribution in [0.3, 0.4) is 0 Å². The Bertz CT molecular complexity index is 703.